The Morgan fingerprint density at radius 2 is 2.04 bits per heavy atom. The average Bonchev–Trinajstić information content (AvgIpc) is 3.37. The van der Waals surface area contributed by atoms with E-state index < -0.39 is 0 Å². The van der Waals surface area contributed by atoms with Crippen molar-refractivity contribution < 1.29 is 9.53 Å². The molecule has 1 amide bonds. The van der Waals surface area contributed by atoms with Crippen molar-refractivity contribution in [2.24, 2.45) is 0 Å². The summed E-state index contributed by atoms with van der Waals surface area (Å²) in [6.45, 7) is 4.83. The van der Waals surface area contributed by atoms with Gasteiger partial charge in [-0.2, -0.15) is 0 Å². The molecule has 24 heavy (non-hydrogen) atoms. The largest absolute Gasteiger partial charge is 0.378 e. The van der Waals surface area contributed by atoms with Gasteiger partial charge in [-0.15, -0.1) is 0 Å². The van der Waals surface area contributed by atoms with E-state index in [1.807, 2.05) is 17.0 Å². The molecular formula is C18H24ClN3O2. The van der Waals surface area contributed by atoms with Gasteiger partial charge in [-0.05, 0) is 25.0 Å². The number of anilines is 1. The van der Waals surface area contributed by atoms with Crippen LogP contribution in [0.1, 0.15) is 24.8 Å². The summed E-state index contributed by atoms with van der Waals surface area (Å²) < 4.78 is 5.45. The molecule has 0 bridgehead atoms. The molecule has 6 heteroatoms. The molecule has 0 radical (unpaired) electrons. The first kappa shape index (κ1) is 16.2. The first-order chi connectivity index (χ1) is 11.7. The van der Waals surface area contributed by atoms with Gasteiger partial charge in [0.15, 0.2) is 0 Å². The number of benzene rings is 1. The van der Waals surface area contributed by atoms with Crippen LogP contribution in [0.15, 0.2) is 18.2 Å². The van der Waals surface area contributed by atoms with Gasteiger partial charge in [-0.1, -0.05) is 17.7 Å². The number of nitrogens with one attached hydrogen (secondary N) is 1. The highest BCUT2D eigenvalue weighted by Gasteiger charge is 2.39. The minimum Gasteiger partial charge on any atom is -0.378 e. The summed E-state index contributed by atoms with van der Waals surface area (Å²) in [4.78, 5) is 16.5. The molecule has 1 aliphatic carbocycles. The minimum atomic E-state index is 0.229. The molecule has 2 heterocycles. The van der Waals surface area contributed by atoms with Crippen molar-refractivity contribution in [3.8, 4) is 0 Å². The van der Waals surface area contributed by atoms with Gasteiger partial charge < -0.3 is 19.9 Å². The number of carbonyl (C=O) groups excluding carboxylic acids is 1. The summed E-state index contributed by atoms with van der Waals surface area (Å²) >= 11 is 6.48. The van der Waals surface area contributed by atoms with Crippen LogP contribution >= 0.6 is 11.6 Å². The number of halogens is 1. The van der Waals surface area contributed by atoms with E-state index in [9.17, 15) is 4.79 Å². The standard InChI is InChI=1S/C18H24ClN3O2/c19-16-2-1-3-17(21-6-8-24-9-7-21)15(16)11-20-13-10-18(23)22(12-13)14-4-5-14/h1-3,13-14,20H,4-12H2/t13-/m0/s1. The first-order valence-electron chi connectivity index (χ1n) is 8.85. The molecular weight excluding hydrogens is 326 g/mol. The van der Waals surface area contributed by atoms with E-state index in [0.29, 0.717) is 24.9 Å². The van der Waals surface area contributed by atoms with Crippen LogP contribution in [0.25, 0.3) is 0 Å². The lowest BCUT2D eigenvalue weighted by Crippen LogP contribution is -2.38. The molecule has 130 valence electrons. The molecule has 5 nitrogen and oxygen atoms in total. The number of nitrogens with zero attached hydrogens (tertiary/aromatic N) is 2. The number of ether oxygens (including phenoxy) is 1. The molecule has 2 aliphatic heterocycles. The highest BCUT2D eigenvalue weighted by atomic mass is 35.5. The average molecular weight is 350 g/mol. The lowest BCUT2D eigenvalue weighted by Gasteiger charge is -2.31. The van der Waals surface area contributed by atoms with Crippen molar-refractivity contribution in [1.29, 1.82) is 0 Å². The molecule has 3 fully saturated rings. The van der Waals surface area contributed by atoms with Crippen LogP contribution < -0.4 is 10.2 Å². The number of amides is 1. The molecule has 2 saturated heterocycles. The molecule has 0 aromatic heterocycles. The third-order valence-electron chi connectivity index (χ3n) is 5.16. The summed E-state index contributed by atoms with van der Waals surface area (Å²) in [5.74, 6) is 0.294. The van der Waals surface area contributed by atoms with Gasteiger partial charge in [0.2, 0.25) is 5.91 Å². The number of hydrogen-bond donors (Lipinski definition) is 1. The predicted molar refractivity (Wildman–Crippen MR) is 94.5 cm³/mol. The van der Waals surface area contributed by atoms with Gasteiger partial charge in [0.25, 0.3) is 0 Å². The molecule has 4 rings (SSSR count). The fourth-order valence-corrected chi connectivity index (χ4v) is 3.91. The third-order valence-corrected chi connectivity index (χ3v) is 5.51. The van der Waals surface area contributed by atoms with Gasteiger partial charge in [-0.25, -0.2) is 0 Å². The molecule has 1 aromatic rings. The number of hydrogen-bond acceptors (Lipinski definition) is 4. The Balaban J connectivity index is 1.43. The van der Waals surface area contributed by atoms with Gasteiger partial charge in [0.05, 0.1) is 13.2 Å². The van der Waals surface area contributed by atoms with Gasteiger partial charge in [0.1, 0.15) is 0 Å². The normalized spacial score (nSPS) is 24.7. The van der Waals surface area contributed by atoms with E-state index in [0.717, 1.165) is 43.4 Å². The Labute approximate surface area is 147 Å². The predicted octanol–water partition coefficient (Wildman–Crippen LogP) is 2.03. The van der Waals surface area contributed by atoms with Crippen molar-refractivity contribution >= 4 is 23.2 Å². The Morgan fingerprint density at radius 3 is 2.79 bits per heavy atom. The highest BCUT2D eigenvalue weighted by Crippen LogP contribution is 2.32. The van der Waals surface area contributed by atoms with Crippen molar-refractivity contribution in [2.75, 3.05) is 37.7 Å². The Bertz CT molecular complexity index is 614. The van der Waals surface area contributed by atoms with Crippen LogP contribution in [0.2, 0.25) is 5.02 Å². The quantitative estimate of drug-likeness (QED) is 0.883. The van der Waals surface area contributed by atoms with Crippen molar-refractivity contribution in [1.82, 2.24) is 10.2 Å². The van der Waals surface area contributed by atoms with Crippen LogP contribution in [-0.2, 0) is 16.1 Å². The SMILES string of the molecule is O=C1C[C@H](NCc2c(Cl)cccc2N2CCOCC2)CN1C1CC1. The zero-order valence-corrected chi connectivity index (χ0v) is 14.6. The van der Waals surface area contributed by atoms with Crippen LogP contribution in [-0.4, -0.2) is 55.7 Å². The van der Waals surface area contributed by atoms with Gasteiger partial charge in [0, 0.05) is 61.0 Å². The van der Waals surface area contributed by atoms with Crippen molar-refractivity contribution in [3.05, 3.63) is 28.8 Å². The maximum atomic E-state index is 12.1. The smallest absolute Gasteiger partial charge is 0.224 e. The topological polar surface area (TPSA) is 44.8 Å². The van der Waals surface area contributed by atoms with Gasteiger partial charge in [-0.3, -0.25) is 4.79 Å². The Kier molecular flexibility index (Phi) is 4.66. The van der Waals surface area contributed by atoms with E-state index in [1.54, 1.807) is 0 Å². The van der Waals surface area contributed by atoms with E-state index in [2.05, 4.69) is 16.3 Å². The Hall–Kier alpha value is -1.30. The minimum absolute atomic E-state index is 0.229. The summed E-state index contributed by atoms with van der Waals surface area (Å²) in [5.41, 5.74) is 2.31. The van der Waals surface area contributed by atoms with E-state index in [4.69, 9.17) is 16.3 Å². The molecule has 1 aromatic carbocycles. The van der Waals surface area contributed by atoms with Crippen molar-refractivity contribution in [2.45, 2.75) is 37.9 Å². The number of rotatable bonds is 5. The highest BCUT2D eigenvalue weighted by molar-refractivity contribution is 6.31. The van der Waals surface area contributed by atoms with Gasteiger partial charge >= 0.3 is 0 Å². The molecule has 0 spiro atoms. The summed E-state index contributed by atoms with van der Waals surface area (Å²) in [5, 5.41) is 4.34. The zero-order valence-electron chi connectivity index (χ0n) is 13.8. The van der Waals surface area contributed by atoms with Crippen molar-refractivity contribution in [3.63, 3.8) is 0 Å². The van der Waals surface area contributed by atoms with E-state index in [1.165, 1.54) is 18.5 Å². The molecule has 3 aliphatic rings. The summed E-state index contributed by atoms with van der Waals surface area (Å²) in [7, 11) is 0. The third kappa shape index (κ3) is 3.39. The number of morpholine rings is 1. The second kappa shape index (κ2) is 6.90. The number of carbonyl (C=O) groups is 1. The number of likely N-dealkylation sites (tertiary alicyclic amines) is 1. The van der Waals surface area contributed by atoms with E-state index in [-0.39, 0.29) is 6.04 Å². The lowest BCUT2D eigenvalue weighted by molar-refractivity contribution is -0.128. The second-order valence-corrected chi connectivity index (χ2v) is 7.30. The second-order valence-electron chi connectivity index (χ2n) is 6.90. The van der Waals surface area contributed by atoms with Crippen LogP contribution in [0.3, 0.4) is 0 Å². The van der Waals surface area contributed by atoms with Crippen LogP contribution in [0.5, 0.6) is 0 Å². The fraction of sp³-hybridized carbons (Fsp3) is 0.611. The first-order valence-corrected chi connectivity index (χ1v) is 9.23. The zero-order chi connectivity index (χ0) is 16.5. The molecule has 1 saturated carbocycles. The Morgan fingerprint density at radius 1 is 1.25 bits per heavy atom. The maximum Gasteiger partial charge on any atom is 0.224 e. The molecule has 1 atom stereocenters. The summed E-state index contributed by atoms with van der Waals surface area (Å²) in [6.07, 6.45) is 2.95. The van der Waals surface area contributed by atoms with Crippen LogP contribution in [0, 0.1) is 0 Å². The summed E-state index contributed by atoms with van der Waals surface area (Å²) in [6, 6.07) is 6.81. The lowest BCUT2D eigenvalue weighted by atomic mass is 10.1. The van der Waals surface area contributed by atoms with Crippen LogP contribution in [0.4, 0.5) is 5.69 Å². The maximum absolute atomic E-state index is 12.1. The fourth-order valence-electron chi connectivity index (χ4n) is 3.68. The van der Waals surface area contributed by atoms with E-state index >= 15 is 0 Å². The molecule has 0 unspecified atom stereocenters. The molecule has 1 N–H and O–H groups in total. The monoisotopic (exact) mass is 349 g/mol.